The van der Waals surface area contributed by atoms with Gasteiger partial charge >= 0.3 is 0 Å². The van der Waals surface area contributed by atoms with Gasteiger partial charge in [-0.25, -0.2) is 4.98 Å². The average Bonchev–Trinajstić information content (AvgIpc) is 2.75. The molecule has 0 atom stereocenters. The number of rotatable bonds is 3. The van der Waals surface area contributed by atoms with Crippen molar-refractivity contribution in [2.24, 2.45) is 0 Å². The first-order chi connectivity index (χ1) is 10.1. The Kier molecular flexibility index (Phi) is 3.33. The van der Waals surface area contributed by atoms with Crippen LogP contribution in [-0.2, 0) is 0 Å². The molecule has 0 saturated heterocycles. The summed E-state index contributed by atoms with van der Waals surface area (Å²) in [5.41, 5.74) is 4.87. The second-order valence-electron chi connectivity index (χ2n) is 5.45. The van der Waals surface area contributed by atoms with Crippen molar-refractivity contribution < 1.29 is 0 Å². The van der Waals surface area contributed by atoms with Crippen molar-refractivity contribution in [3.8, 4) is 0 Å². The van der Waals surface area contributed by atoms with Crippen molar-refractivity contribution in [3.63, 3.8) is 0 Å². The van der Waals surface area contributed by atoms with E-state index >= 15 is 0 Å². The van der Waals surface area contributed by atoms with Crippen molar-refractivity contribution in [2.45, 2.75) is 33.7 Å². The van der Waals surface area contributed by atoms with Gasteiger partial charge in [0.15, 0.2) is 0 Å². The van der Waals surface area contributed by atoms with Gasteiger partial charge in [-0.15, -0.1) is 0 Å². The van der Waals surface area contributed by atoms with E-state index in [1.807, 2.05) is 35.9 Å². The highest BCUT2D eigenvalue weighted by Gasteiger charge is 2.14. The summed E-state index contributed by atoms with van der Waals surface area (Å²) in [6, 6.07) is 8.19. The van der Waals surface area contributed by atoms with Crippen molar-refractivity contribution >= 4 is 22.5 Å². The van der Waals surface area contributed by atoms with Crippen molar-refractivity contribution in [1.29, 1.82) is 0 Å². The Balaban J connectivity index is 1.98. The minimum Gasteiger partial charge on any atom is -0.336 e. The second kappa shape index (κ2) is 5.16. The molecule has 0 amide bonds. The van der Waals surface area contributed by atoms with Crippen LogP contribution in [0.3, 0.4) is 0 Å². The molecule has 1 aromatic carbocycles. The van der Waals surface area contributed by atoms with Gasteiger partial charge in [0.05, 0.1) is 34.3 Å². The van der Waals surface area contributed by atoms with Crippen molar-refractivity contribution in [2.75, 3.05) is 5.32 Å². The summed E-state index contributed by atoms with van der Waals surface area (Å²) in [5.74, 6) is 0.739. The van der Waals surface area contributed by atoms with Gasteiger partial charge < -0.3 is 5.32 Å². The lowest BCUT2D eigenvalue weighted by Crippen LogP contribution is -2.05. The lowest BCUT2D eigenvalue weighted by atomic mass is 10.3. The van der Waals surface area contributed by atoms with E-state index in [4.69, 9.17) is 0 Å². The van der Waals surface area contributed by atoms with Crippen LogP contribution in [0.4, 0.5) is 11.5 Å². The number of hydrogen-bond acceptors (Lipinski definition) is 4. The second-order valence-corrected chi connectivity index (χ2v) is 5.45. The topological polar surface area (TPSA) is 55.6 Å². The van der Waals surface area contributed by atoms with Crippen LogP contribution >= 0.6 is 0 Å². The van der Waals surface area contributed by atoms with E-state index in [1.54, 1.807) is 6.20 Å². The van der Waals surface area contributed by atoms with Gasteiger partial charge in [-0.2, -0.15) is 5.10 Å². The fourth-order valence-electron chi connectivity index (χ4n) is 2.49. The zero-order valence-corrected chi connectivity index (χ0v) is 12.8. The standard InChI is InChI=1S/C16H19N5/c1-10(2)21-12(4)16(11(3)20-21)19-15-9-17-13-7-5-6-8-14(13)18-15/h5-10H,1-4H3,(H,18,19). The maximum absolute atomic E-state index is 4.60. The summed E-state index contributed by atoms with van der Waals surface area (Å²) >= 11 is 0. The van der Waals surface area contributed by atoms with E-state index in [1.165, 1.54) is 0 Å². The summed E-state index contributed by atoms with van der Waals surface area (Å²) in [7, 11) is 0. The number of nitrogens with zero attached hydrogens (tertiary/aromatic N) is 4. The Morgan fingerprint density at radius 1 is 1.10 bits per heavy atom. The molecule has 2 aromatic heterocycles. The highest BCUT2D eigenvalue weighted by atomic mass is 15.3. The third-order valence-corrected chi connectivity index (χ3v) is 3.52. The van der Waals surface area contributed by atoms with Crippen LogP contribution in [0, 0.1) is 13.8 Å². The Morgan fingerprint density at radius 3 is 2.48 bits per heavy atom. The molecule has 3 rings (SSSR count). The predicted octanol–water partition coefficient (Wildman–Crippen LogP) is 3.77. The van der Waals surface area contributed by atoms with Gasteiger partial charge in [0.2, 0.25) is 0 Å². The lowest BCUT2D eigenvalue weighted by molar-refractivity contribution is 0.516. The van der Waals surface area contributed by atoms with Gasteiger partial charge in [-0.05, 0) is 39.8 Å². The third-order valence-electron chi connectivity index (χ3n) is 3.52. The van der Waals surface area contributed by atoms with Crippen LogP contribution in [0.1, 0.15) is 31.3 Å². The molecule has 0 radical (unpaired) electrons. The molecule has 0 spiro atoms. The normalized spacial score (nSPS) is 11.3. The monoisotopic (exact) mass is 281 g/mol. The highest BCUT2D eigenvalue weighted by Crippen LogP contribution is 2.25. The van der Waals surface area contributed by atoms with E-state index in [-0.39, 0.29) is 0 Å². The molecule has 0 unspecified atom stereocenters. The molecule has 3 aromatic rings. The number of aromatic nitrogens is 4. The summed E-state index contributed by atoms with van der Waals surface area (Å²) in [6.45, 7) is 8.32. The Morgan fingerprint density at radius 2 is 1.81 bits per heavy atom. The smallest absolute Gasteiger partial charge is 0.149 e. The number of anilines is 2. The summed E-state index contributed by atoms with van der Waals surface area (Å²) in [5, 5.41) is 7.93. The zero-order chi connectivity index (χ0) is 15.0. The summed E-state index contributed by atoms with van der Waals surface area (Å²) in [4.78, 5) is 9.02. The molecule has 5 nitrogen and oxygen atoms in total. The number of para-hydroxylation sites is 2. The molecule has 0 fully saturated rings. The molecule has 5 heteroatoms. The maximum atomic E-state index is 4.60. The van der Waals surface area contributed by atoms with Gasteiger partial charge in [-0.1, -0.05) is 12.1 Å². The van der Waals surface area contributed by atoms with E-state index < -0.39 is 0 Å². The predicted molar refractivity (Wildman–Crippen MR) is 84.9 cm³/mol. The SMILES string of the molecule is Cc1nn(C(C)C)c(C)c1Nc1cnc2ccccc2n1. The quantitative estimate of drug-likeness (QED) is 0.794. The molecule has 1 N–H and O–H groups in total. The molecular weight excluding hydrogens is 262 g/mol. The molecule has 0 aliphatic heterocycles. The Hall–Kier alpha value is -2.43. The zero-order valence-electron chi connectivity index (χ0n) is 12.8. The molecule has 2 heterocycles. The van der Waals surface area contributed by atoms with E-state index in [0.717, 1.165) is 33.9 Å². The molecule has 108 valence electrons. The van der Waals surface area contributed by atoms with E-state index in [9.17, 15) is 0 Å². The van der Waals surface area contributed by atoms with Gasteiger partial charge in [0.25, 0.3) is 0 Å². The first-order valence-electron chi connectivity index (χ1n) is 7.11. The first-order valence-corrected chi connectivity index (χ1v) is 7.11. The van der Waals surface area contributed by atoms with Crippen LogP contribution in [0.25, 0.3) is 11.0 Å². The fourth-order valence-corrected chi connectivity index (χ4v) is 2.49. The van der Waals surface area contributed by atoms with Gasteiger partial charge in [0, 0.05) is 6.04 Å². The third kappa shape index (κ3) is 2.46. The molecule has 0 bridgehead atoms. The minimum absolute atomic E-state index is 0.335. The maximum Gasteiger partial charge on any atom is 0.149 e. The molecule has 0 aliphatic carbocycles. The van der Waals surface area contributed by atoms with Crippen molar-refractivity contribution in [3.05, 3.63) is 41.9 Å². The Bertz CT molecular complexity index is 788. The molecule has 21 heavy (non-hydrogen) atoms. The largest absolute Gasteiger partial charge is 0.336 e. The van der Waals surface area contributed by atoms with Crippen LogP contribution in [0.2, 0.25) is 0 Å². The van der Waals surface area contributed by atoms with Crippen LogP contribution < -0.4 is 5.32 Å². The Labute approximate surface area is 124 Å². The average molecular weight is 281 g/mol. The van der Waals surface area contributed by atoms with E-state index in [0.29, 0.717) is 6.04 Å². The molecule has 0 saturated carbocycles. The summed E-state index contributed by atoms with van der Waals surface area (Å²) in [6.07, 6.45) is 1.76. The van der Waals surface area contributed by atoms with Gasteiger partial charge in [0.1, 0.15) is 5.82 Å². The summed E-state index contributed by atoms with van der Waals surface area (Å²) < 4.78 is 2.02. The minimum atomic E-state index is 0.335. The number of benzene rings is 1. The first kappa shape index (κ1) is 13.5. The fraction of sp³-hybridized carbons (Fsp3) is 0.312. The number of aryl methyl sites for hydroxylation is 1. The molecular formula is C16H19N5. The highest BCUT2D eigenvalue weighted by molar-refractivity contribution is 5.76. The van der Waals surface area contributed by atoms with E-state index in [2.05, 4.69) is 41.2 Å². The lowest BCUT2D eigenvalue weighted by Gasteiger charge is -2.09. The number of hydrogen-bond donors (Lipinski definition) is 1. The van der Waals surface area contributed by atoms with Gasteiger partial charge in [-0.3, -0.25) is 9.67 Å². The number of fused-ring (bicyclic) bond motifs is 1. The van der Waals surface area contributed by atoms with Crippen LogP contribution in [-0.4, -0.2) is 19.7 Å². The van der Waals surface area contributed by atoms with Crippen molar-refractivity contribution in [1.82, 2.24) is 19.7 Å². The van der Waals surface area contributed by atoms with Crippen LogP contribution in [0.15, 0.2) is 30.5 Å². The molecule has 0 aliphatic rings. The number of nitrogens with one attached hydrogen (secondary N) is 1. The van der Waals surface area contributed by atoms with Crippen LogP contribution in [0.5, 0.6) is 0 Å².